The van der Waals surface area contributed by atoms with Crippen LogP contribution in [0.5, 0.6) is 0 Å². The van der Waals surface area contributed by atoms with Crippen molar-refractivity contribution in [2.24, 2.45) is 28.7 Å². The van der Waals surface area contributed by atoms with E-state index in [0.717, 1.165) is 6.42 Å². The second-order valence-corrected chi connectivity index (χ2v) is 5.57. The predicted molar refractivity (Wildman–Crippen MR) is 75.9 cm³/mol. The Morgan fingerprint density at radius 2 is 1.95 bits per heavy atom. The number of carbonyl (C=O) groups is 2. The summed E-state index contributed by atoms with van der Waals surface area (Å²) in [6, 6.07) is 0. The Labute approximate surface area is 114 Å². The van der Waals surface area contributed by atoms with Gasteiger partial charge in [-0.2, -0.15) is 0 Å². The van der Waals surface area contributed by atoms with E-state index in [9.17, 15) is 9.59 Å². The first kappa shape index (κ1) is 15.5. The molecule has 4 N–H and O–H groups in total. The molecule has 0 fully saturated rings. The molecule has 0 heterocycles. The first-order valence-electron chi connectivity index (χ1n) is 6.81. The lowest BCUT2D eigenvalue weighted by atomic mass is 9.65. The molecule has 0 aromatic heterocycles. The van der Waals surface area contributed by atoms with Crippen LogP contribution in [0, 0.1) is 17.3 Å². The quantitative estimate of drug-likeness (QED) is 0.688. The molecule has 0 saturated heterocycles. The molecule has 0 radical (unpaired) electrons. The van der Waals surface area contributed by atoms with Gasteiger partial charge in [0.1, 0.15) is 0 Å². The molecular formula is C15H24N2O2. The number of rotatable bonds is 7. The van der Waals surface area contributed by atoms with E-state index in [1.165, 1.54) is 0 Å². The van der Waals surface area contributed by atoms with E-state index in [1.807, 2.05) is 12.2 Å². The zero-order chi connectivity index (χ0) is 14.5. The molecule has 0 saturated carbocycles. The number of amides is 2. The van der Waals surface area contributed by atoms with E-state index in [2.05, 4.69) is 26.0 Å². The van der Waals surface area contributed by atoms with E-state index >= 15 is 0 Å². The molecule has 3 unspecified atom stereocenters. The summed E-state index contributed by atoms with van der Waals surface area (Å²) in [5.74, 6) is -0.508. The third kappa shape index (κ3) is 3.94. The van der Waals surface area contributed by atoms with Crippen LogP contribution in [0.3, 0.4) is 0 Å². The van der Waals surface area contributed by atoms with Crippen molar-refractivity contribution in [1.29, 1.82) is 0 Å². The smallest absolute Gasteiger partial charge is 0.221 e. The predicted octanol–water partition coefficient (Wildman–Crippen LogP) is 1.90. The third-order valence-electron chi connectivity index (χ3n) is 4.21. The largest absolute Gasteiger partial charge is 0.370 e. The Kier molecular flexibility index (Phi) is 5.33. The molecule has 106 valence electrons. The van der Waals surface area contributed by atoms with Crippen LogP contribution in [-0.4, -0.2) is 11.8 Å². The lowest BCUT2D eigenvalue weighted by molar-refractivity contribution is -0.125. The van der Waals surface area contributed by atoms with Gasteiger partial charge in [0.15, 0.2) is 0 Å². The first-order chi connectivity index (χ1) is 8.88. The van der Waals surface area contributed by atoms with E-state index in [1.54, 1.807) is 0 Å². The minimum absolute atomic E-state index is 0.212. The summed E-state index contributed by atoms with van der Waals surface area (Å²) in [6.07, 6.45) is 10.7. The minimum Gasteiger partial charge on any atom is -0.370 e. The van der Waals surface area contributed by atoms with Crippen molar-refractivity contribution < 1.29 is 9.59 Å². The zero-order valence-electron chi connectivity index (χ0n) is 11.8. The van der Waals surface area contributed by atoms with Crippen molar-refractivity contribution in [3.8, 4) is 0 Å². The van der Waals surface area contributed by atoms with Crippen molar-refractivity contribution in [1.82, 2.24) is 0 Å². The number of nitrogens with two attached hydrogens (primary N) is 2. The minimum atomic E-state index is -0.296. The standard InChI is InChI=1S/C15H24N2O2/c1-11-7-5-6-10-15(11,2)12(14(17)19)8-3-4-9-13(16)18/h5-7,10-12H,3-4,8-9H2,1-2H3,(H2,16,18)(H2,17,19). The number of carbonyl (C=O) groups excluding carboxylic acids is 2. The topological polar surface area (TPSA) is 86.2 Å². The van der Waals surface area contributed by atoms with Gasteiger partial charge in [0, 0.05) is 17.8 Å². The van der Waals surface area contributed by atoms with E-state index in [0.29, 0.717) is 19.3 Å². The summed E-state index contributed by atoms with van der Waals surface area (Å²) in [5, 5.41) is 0. The molecule has 0 aromatic carbocycles. The maximum atomic E-state index is 11.8. The van der Waals surface area contributed by atoms with Gasteiger partial charge in [0.25, 0.3) is 0 Å². The average molecular weight is 264 g/mol. The van der Waals surface area contributed by atoms with Crippen LogP contribution in [0.4, 0.5) is 0 Å². The number of unbranched alkanes of at least 4 members (excludes halogenated alkanes) is 1. The molecule has 19 heavy (non-hydrogen) atoms. The van der Waals surface area contributed by atoms with Gasteiger partial charge in [-0.3, -0.25) is 9.59 Å². The lowest BCUT2D eigenvalue weighted by Crippen LogP contribution is -2.40. The molecule has 1 aliphatic carbocycles. The molecule has 4 heteroatoms. The maximum absolute atomic E-state index is 11.8. The molecule has 4 nitrogen and oxygen atoms in total. The normalized spacial score (nSPS) is 27.2. The summed E-state index contributed by atoms with van der Waals surface area (Å²) in [4.78, 5) is 22.5. The Bertz CT molecular complexity index is 401. The van der Waals surface area contributed by atoms with Crippen LogP contribution in [0.1, 0.15) is 39.5 Å². The van der Waals surface area contributed by atoms with Crippen LogP contribution in [-0.2, 0) is 9.59 Å². The highest BCUT2D eigenvalue weighted by Gasteiger charge is 2.39. The van der Waals surface area contributed by atoms with Gasteiger partial charge in [-0.15, -0.1) is 0 Å². The maximum Gasteiger partial charge on any atom is 0.221 e. The number of allylic oxidation sites excluding steroid dienone is 4. The fourth-order valence-corrected chi connectivity index (χ4v) is 2.69. The first-order valence-corrected chi connectivity index (χ1v) is 6.81. The summed E-state index contributed by atoms with van der Waals surface area (Å²) in [7, 11) is 0. The van der Waals surface area contributed by atoms with Gasteiger partial charge in [0.05, 0.1) is 0 Å². The molecule has 0 aromatic rings. The summed E-state index contributed by atoms with van der Waals surface area (Å²) >= 11 is 0. The van der Waals surface area contributed by atoms with E-state index in [4.69, 9.17) is 11.5 Å². The number of hydrogen-bond donors (Lipinski definition) is 2. The van der Waals surface area contributed by atoms with Crippen LogP contribution in [0.2, 0.25) is 0 Å². The summed E-state index contributed by atoms with van der Waals surface area (Å²) in [6.45, 7) is 4.17. The van der Waals surface area contributed by atoms with Crippen LogP contribution < -0.4 is 11.5 Å². The summed E-state index contributed by atoms with van der Waals surface area (Å²) in [5.41, 5.74) is 10.4. The van der Waals surface area contributed by atoms with Crippen molar-refractivity contribution in [2.45, 2.75) is 39.5 Å². The fraction of sp³-hybridized carbons (Fsp3) is 0.600. The second kappa shape index (κ2) is 6.55. The second-order valence-electron chi connectivity index (χ2n) is 5.57. The SMILES string of the molecule is CC1C=CC=CC1(C)C(CCCCC(N)=O)C(N)=O. The molecule has 1 rings (SSSR count). The average Bonchev–Trinajstić information content (AvgIpc) is 2.32. The van der Waals surface area contributed by atoms with Gasteiger partial charge in [0.2, 0.25) is 11.8 Å². The summed E-state index contributed by atoms with van der Waals surface area (Å²) < 4.78 is 0. The lowest BCUT2D eigenvalue weighted by Gasteiger charge is -2.39. The molecule has 1 aliphatic rings. The van der Waals surface area contributed by atoms with E-state index < -0.39 is 0 Å². The van der Waals surface area contributed by atoms with E-state index in [-0.39, 0.29) is 29.1 Å². The molecular weight excluding hydrogens is 240 g/mol. The Balaban J connectivity index is 2.67. The third-order valence-corrected chi connectivity index (χ3v) is 4.21. The van der Waals surface area contributed by atoms with Gasteiger partial charge in [-0.05, 0) is 18.8 Å². The van der Waals surface area contributed by atoms with Crippen LogP contribution >= 0.6 is 0 Å². The molecule has 3 atom stereocenters. The molecule has 2 amide bonds. The highest BCUT2D eigenvalue weighted by Crippen LogP contribution is 2.42. The molecule has 0 aliphatic heterocycles. The van der Waals surface area contributed by atoms with Crippen LogP contribution in [0.15, 0.2) is 24.3 Å². The highest BCUT2D eigenvalue weighted by atomic mass is 16.1. The van der Waals surface area contributed by atoms with Gasteiger partial charge >= 0.3 is 0 Å². The highest BCUT2D eigenvalue weighted by molar-refractivity contribution is 5.78. The molecule has 0 bridgehead atoms. The van der Waals surface area contributed by atoms with Crippen molar-refractivity contribution in [3.63, 3.8) is 0 Å². The van der Waals surface area contributed by atoms with Gasteiger partial charge in [-0.25, -0.2) is 0 Å². The Morgan fingerprint density at radius 1 is 1.26 bits per heavy atom. The number of primary amides is 2. The monoisotopic (exact) mass is 264 g/mol. The van der Waals surface area contributed by atoms with Crippen molar-refractivity contribution in [2.75, 3.05) is 0 Å². The number of hydrogen-bond acceptors (Lipinski definition) is 2. The fourth-order valence-electron chi connectivity index (χ4n) is 2.69. The van der Waals surface area contributed by atoms with Gasteiger partial charge < -0.3 is 11.5 Å². The van der Waals surface area contributed by atoms with Gasteiger partial charge in [-0.1, -0.05) is 44.6 Å². The van der Waals surface area contributed by atoms with Crippen LogP contribution in [0.25, 0.3) is 0 Å². The van der Waals surface area contributed by atoms with Crippen molar-refractivity contribution in [3.05, 3.63) is 24.3 Å². The Hall–Kier alpha value is -1.58. The molecule has 0 spiro atoms. The Morgan fingerprint density at radius 3 is 2.47 bits per heavy atom. The van der Waals surface area contributed by atoms with Crippen molar-refractivity contribution >= 4 is 11.8 Å². The zero-order valence-corrected chi connectivity index (χ0v) is 11.8.